The molecule has 0 unspecified atom stereocenters. The summed E-state index contributed by atoms with van der Waals surface area (Å²) in [7, 11) is 0. The Bertz CT molecular complexity index is 450. The predicted molar refractivity (Wildman–Crippen MR) is 71.7 cm³/mol. The van der Waals surface area contributed by atoms with E-state index in [0.717, 1.165) is 6.07 Å². The number of carbonyl (C=O) groups is 1. The fourth-order valence-electron chi connectivity index (χ4n) is 1.45. The summed E-state index contributed by atoms with van der Waals surface area (Å²) >= 11 is 0. The fraction of sp³-hybridized carbons (Fsp3) is 0.462. The van der Waals surface area contributed by atoms with Gasteiger partial charge in [0.2, 0.25) is 0 Å². The van der Waals surface area contributed by atoms with Crippen LogP contribution in [0.15, 0.2) is 12.1 Å². The zero-order chi connectivity index (χ0) is 14.4. The molecule has 3 N–H and O–H groups in total. The number of nitrogens with two attached hydrogens (primary N) is 1. The van der Waals surface area contributed by atoms with Gasteiger partial charge in [-0.25, -0.2) is 4.39 Å². The molecule has 0 heterocycles. The molecule has 0 radical (unpaired) electrons. The maximum Gasteiger partial charge on any atom is 0.325 e. The highest BCUT2D eigenvalue weighted by molar-refractivity contribution is 5.78. The van der Waals surface area contributed by atoms with Crippen LogP contribution < -0.4 is 15.8 Å². The van der Waals surface area contributed by atoms with Crippen molar-refractivity contribution in [1.29, 1.82) is 0 Å². The van der Waals surface area contributed by atoms with Crippen molar-refractivity contribution >= 4 is 17.3 Å². The number of halogens is 1. The predicted octanol–water partition coefficient (Wildman–Crippen LogP) is 2.17. The number of nitrogens with one attached hydrogen (secondary N) is 1. The Hall–Kier alpha value is -1.98. The van der Waals surface area contributed by atoms with E-state index in [1.165, 1.54) is 6.07 Å². The molecule has 1 aromatic rings. The third-order valence-corrected chi connectivity index (χ3v) is 2.20. The topological polar surface area (TPSA) is 73.6 Å². The van der Waals surface area contributed by atoms with Crippen LogP contribution in [0.4, 0.5) is 15.8 Å². The van der Waals surface area contributed by atoms with Gasteiger partial charge in [-0.1, -0.05) is 0 Å². The molecule has 0 aromatic heterocycles. The maximum absolute atomic E-state index is 13.6. The van der Waals surface area contributed by atoms with Crippen LogP contribution in [0.1, 0.15) is 20.8 Å². The van der Waals surface area contributed by atoms with E-state index in [9.17, 15) is 9.18 Å². The highest BCUT2D eigenvalue weighted by Gasteiger charge is 2.11. The molecule has 0 fully saturated rings. The highest BCUT2D eigenvalue weighted by atomic mass is 19.1. The fourth-order valence-corrected chi connectivity index (χ4v) is 1.45. The van der Waals surface area contributed by atoms with Crippen LogP contribution in [0.25, 0.3) is 0 Å². The first kappa shape index (κ1) is 15.1. The van der Waals surface area contributed by atoms with Crippen LogP contribution in [0, 0.1) is 5.82 Å². The summed E-state index contributed by atoms with van der Waals surface area (Å²) in [5.74, 6) is -0.846. The standard InChI is InChI=1S/C13H19FN2O3/c1-4-18-13(17)7-16-11-6-12(19-8(2)3)9(14)5-10(11)15/h5-6,8,16H,4,7,15H2,1-3H3. The summed E-state index contributed by atoms with van der Waals surface area (Å²) in [6.45, 7) is 5.58. The number of ether oxygens (including phenoxy) is 2. The Morgan fingerprint density at radius 2 is 2.16 bits per heavy atom. The average molecular weight is 270 g/mol. The molecule has 0 spiro atoms. The van der Waals surface area contributed by atoms with Gasteiger partial charge in [0.15, 0.2) is 11.6 Å². The number of benzene rings is 1. The maximum atomic E-state index is 13.6. The summed E-state index contributed by atoms with van der Waals surface area (Å²) in [6.07, 6.45) is -0.156. The Balaban J connectivity index is 2.79. The molecule has 1 aromatic carbocycles. The smallest absolute Gasteiger partial charge is 0.325 e. The van der Waals surface area contributed by atoms with Gasteiger partial charge < -0.3 is 20.5 Å². The van der Waals surface area contributed by atoms with E-state index >= 15 is 0 Å². The van der Waals surface area contributed by atoms with Crippen molar-refractivity contribution in [3.05, 3.63) is 17.9 Å². The lowest BCUT2D eigenvalue weighted by Gasteiger charge is -2.14. The quantitative estimate of drug-likeness (QED) is 0.612. The van der Waals surface area contributed by atoms with Crippen LogP contribution in [-0.2, 0) is 9.53 Å². The molecule has 6 heteroatoms. The van der Waals surface area contributed by atoms with Crippen LogP contribution in [0.3, 0.4) is 0 Å². The summed E-state index contributed by atoms with van der Waals surface area (Å²) < 4.78 is 23.7. The first-order valence-corrected chi connectivity index (χ1v) is 6.09. The zero-order valence-electron chi connectivity index (χ0n) is 11.3. The van der Waals surface area contributed by atoms with E-state index in [1.807, 2.05) is 0 Å². The van der Waals surface area contributed by atoms with Gasteiger partial charge in [0, 0.05) is 12.1 Å². The van der Waals surface area contributed by atoms with Crippen molar-refractivity contribution in [1.82, 2.24) is 0 Å². The summed E-state index contributed by atoms with van der Waals surface area (Å²) in [6, 6.07) is 2.59. The number of esters is 1. The molecule has 0 aliphatic rings. The molecule has 0 saturated heterocycles. The van der Waals surface area contributed by atoms with E-state index in [-0.39, 0.29) is 24.1 Å². The lowest BCUT2D eigenvalue weighted by Crippen LogP contribution is -2.17. The Morgan fingerprint density at radius 1 is 1.47 bits per heavy atom. The summed E-state index contributed by atoms with van der Waals surface area (Å²) in [5.41, 5.74) is 6.31. The number of hydrogen-bond acceptors (Lipinski definition) is 5. The van der Waals surface area contributed by atoms with Crippen molar-refractivity contribution in [3.8, 4) is 5.75 Å². The SMILES string of the molecule is CCOC(=O)CNc1cc(OC(C)C)c(F)cc1N. The Kier molecular flexibility index (Phi) is 5.41. The molecule has 5 nitrogen and oxygen atoms in total. The third kappa shape index (κ3) is 4.65. The normalized spacial score (nSPS) is 10.4. The second-order valence-corrected chi connectivity index (χ2v) is 4.20. The molecule has 19 heavy (non-hydrogen) atoms. The lowest BCUT2D eigenvalue weighted by molar-refractivity contribution is -0.140. The van der Waals surface area contributed by atoms with Crippen molar-refractivity contribution in [3.63, 3.8) is 0 Å². The summed E-state index contributed by atoms with van der Waals surface area (Å²) in [4.78, 5) is 11.2. The number of anilines is 2. The molecule has 0 atom stereocenters. The second kappa shape index (κ2) is 6.82. The van der Waals surface area contributed by atoms with E-state index in [4.69, 9.17) is 15.2 Å². The Morgan fingerprint density at radius 3 is 2.74 bits per heavy atom. The van der Waals surface area contributed by atoms with Gasteiger partial charge in [0.25, 0.3) is 0 Å². The molecule has 106 valence electrons. The zero-order valence-corrected chi connectivity index (χ0v) is 11.3. The number of hydrogen-bond donors (Lipinski definition) is 2. The van der Waals surface area contributed by atoms with E-state index in [1.54, 1.807) is 20.8 Å². The van der Waals surface area contributed by atoms with E-state index < -0.39 is 11.8 Å². The van der Waals surface area contributed by atoms with Gasteiger partial charge in [-0.15, -0.1) is 0 Å². The van der Waals surface area contributed by atoms with Crippen molar-refractivity contribution in [2.24, 2.45) is 0 Å². The minimum atomic E-state index is -0.534. The van der Waals surface area contributed by atoms with Gasteiger partial charge in [-0.3, -0.25) is 4.79 Å². The van der Waals surface area contributed by atoms with Gasteiger partial charge in [-0.05, 0) is 20.8 Å². The van der Waals surface area contributed by atoms with Gasteiger partial charge >= 0.3 is 5.97 Å². The number of carbonyl (C=O) groups excluding carboxylic acids is 1. The van der Waals surface area contributed by atoms with Crippen LogP contribution in [-0.4, -0.2) is 25.2 Å². The molecule has 0 saturated carbocycles. The largest absolute Gasteiger partial charge is 0.488 e. The van der Waals surface area contributed by atoms with Crippen molar-refractivity contribution < 1.29 is 18.7 Å². The third-order valence-electron chi connectivity index (χ3n) is 2.20. The first-order valence-electron chi connectivity index (χ1n) is 6.09. The molecule has 0 aliphatic carbocycles. The van der Waals surface area contributed by atoms with Gasteiger partial charge in [0.05, 0.1) is 24.1 Å². The number of nitrogen functional groups attached to an aromatic ring is 1. The lowest BCUT2D eigenvalue weighted by atomic mass is 10.2. The monoisotopic (exact) mass is 270 g/mol. The van der Waals surface area contributed by atoms with E-state index in [2.05, 4.69) is 5.32 Å². The van der Waals surface area contributed by atoms with Crippen molar-refractivity contribution in [2.75, 3.05) is 24.2 Å². The first-order chi connectivity index (χ1) is 8.93. The molecule has 0 aliphatic heterocycles. The van der Waals surface area contributed by atoms with Crippen LogP contribution in [0.5, 0.6) is 5.75 Å². The van der Waals surface area contributed by atoms with Gasteiger partial charge in [0.1, 0.15) is 6.54 Å². The minimum Gasteiger partial charge on any atom is -0.488 e. The summed E-state index contributed by atoms with van der Waals surface area (Å²) in [5, 5.41) is 2.79. The molecule has 1 rings (SSSR count). The highest BCUT2D eigenvalue weighted by Crippen LogP contribution is 2.28. The molecular weight excluding hydrogens is 251 g/mol. The van der Waals surface area contributed by atoms with Crippen molar-refractivity contribution in [2.45, 2.75) is 26.9 Å². The van der Waals surface area contributed by atoms with Crippen LogP contribution in [0.2, 0.25) is 0 Å². The average Bonchev–Trinajstić information content (AvgIpc) is 2.31. The molecule has 0 amide bonds. The minimum absolute atomic E-state index is 0.0369. The Labute approximate surface area is 111 Å². The molecule has 0 bridgehead atoms. The van der Waals surface area contributed by atoms with Gasteiger partial charge in [-0.2, -0.15) is 0 Å². The second-order valence-electron chi connectivity index (χ2n) is 4.20. The van der Waals surface area contributed by atoms with E-state index in [0.29, 0.717) is 12.3 Å². The number of rotatable bonds is 6. The molecular formula is C13H19FN2O3. The van der Waals surface area contributed by atoms with Crippen LogP contribution >= 0.6 is 0 Å².